The number of benzene rings is 1. The van der Waals surface area contributed by atoms with Crippen LogP contribution in [-0.2, 0) is 4.79 Å². The van der Waals surface area contributed by atoms with Gasteiger partial charge in [0.05, 0.1) is 10.2 Å². The summed E-state index contributed by atoms with van der Waals surface area (Å²) in [7, 11) is 1.74. The molecular formula is C12H14N2O2S. The average molecular weight is 250 g/mol. The first kappa shape index (κ1) is 11.9. The molecule has 0 saturated heterocycles. The van der Waals surface area contributed by atoms with Crippen molar-refractivity contribution in [2.45, 2.75) is 13.8 Å². The van der Waals surface area contributed by atoms with E-state index in [4.69, 9.17) is 5.11 Å². The van der Waals surface area contributed by atoms with E-state index >= 15 is 0 Å². The third-order valence-electron chi connectivity index (χ3n) is 2.69. The number of carboxylic acid groups (broad SMARTS) is 1. The zero-order chi connectivity index (χ0) is 12.6. The molecule has 0 bridgehead atoms. The highest BCUT2D eigenvalue weighted by molar-refractivity contribution is 7.22. The number of aliphatic carboxylic acids is 1. The zero-order valence-electron chi connectivity index (χ0n) is 10.0. The first-order valence-electron chi connectivity index (χ1n) is 5.28. The maximum atomic E-state index is 10.6. The molecule has 0 aliphatic heterocycles. The summed E-state index contributed by atoms with van der Waals surface area (Å²) in [5.41, 5.74) is 3.37. The molecule has 1 heterocycles. The number of likely N-dealkylation sites (N-methyl/N-ethyl adjacent to an activating group) is 1. The predicted molar refractivity (Wildman–Crippen MR) is 70.0 cm³/mol. The minimum Gasteiger partial charge on any atom is -0.480 e. The van der Waals surface area contributed by atoms with Gasteiger partial charge in [0.1, 0.15) is 6.54 Å². The van der Waals surface area contributed by atoms with E-state index in [9.17, 15) is 4.79 Å². The maximum Gasteiger partial charge on any atom is 0.323 e. The Kier molecular flexibility index (Phi) is 3.02. The molecule has 0 aliphatic rings. The maximum absolute atomic E-state index is 10.6. The molecule has 2 aromatic rings. The first-order valence-corrected chi connectivity index (χ1v) is 6.09. The number of hydrogen-bond donors (Lipinski definition) is 1. The second-order valence-electron chi connectivity index (χ2n) is 4.15. The summed E-state index contributed by atoms with van der Waals surface area (Å²) in [6.07, 6.45) is 0. The van der Waals surface area contributed by atoms with E-state index in [0.29, 0.717) is 0 Å². The summed E-state index contributed by atoms with van der Waals surface area (Å²) < 4.78 is 1.10. The first-order chi connectivity index (χ1) is 7.97. The lowest BCUT2D eigenvalue weighted by molar-refractivity contribution is -0.135. The Bertz CT molecular complexity index is 538. The van der Waals surface area contributed by atoms with Gasteiger partial charge in [-0.2, -0.15) is 0 Å². The molecule has 0 atom stereocenters. The van der Waals surface area contributed by atoms with Crippen LogP contribution in [0.2, 0.25) is 0 Å². The predicted octanol–water partition coefficient (Wildman–Crippen LogP) is 2.43. The third kappa shape index (κ3) is 2.39. The van der Waals surface area contributed by atoms with Gasteiger partial charge in [-0.15, -0.1) is 0 Å². The molecule has 1 aromatic carbocycles. The number of carboxylic acids is 1. The highest BCUT2D eigenvalue weighted by Gasteiger charge is 2.11. The van der Waals surface area contributed by atoms with Gasteiger partial charge in [-0.25, -0.2) is 4.98 Å². The minimum atomic E-state index is -0.848. The zero-order valence-corrected chi connectivity index (χ0v) is 10.8. The van der Waals surface area contributed by atoms with E-state index in [1.165, 1.54) is 22.5 Å². The van der Waals surface area contributed by atoms with Crippen molar-refractivity contribution in [1.82, 2.24) is 4.98 Å². The number of anilines is 1. The molecule has 1 N–H and O–H groups in total. The van der Waals surface area contributed by atoms with Crippen molar-refractivity contribution in [3.05, 3.63) is 23.3 Å². The molecule has 1 aromatic heterocycles. The number of rotatable bonds is 3. The van der Waals surface area contributed by atoms with Gasteiger partial charge in [-0.1, -0.05) is 11.3 Å². The Hall–Kier alpha value is -1.62. The summed E-state index contributed by atoms with van der Waals surface area (Å²) in [5, 5.41) is 9.49. The van der Waals surface area contributed by atoms with E-state index in [1.807, 2.05) is 6.07 Å². The molecule has 90 valence electrons. The number of aryl methyl sites for hydroxylation is 2. The molecule has 0 unspecified atom stereocenters. The van der Waals surface area contributed by atoms with Gasteiger partial charge >= 0.3 is 5.97 Å². The minimum absolute atomic E-state index is 0.0300. The quantitative estimate of drug-likeness (QED) is 0.909. The molecule has 5 heteroatoms. The van der Waals surface area contributed by atoms with Gasteiger partial charge < -0.3 is 10.0 Å². The standard InChI is InChI=1S/C12H14N2O2S/c1-7-4-9-10(5-8(7)2)17-12(13-9)14(3)6-11(15)16/h4-5H,6H2,1-3H3,(H,15,16). The van der Waals surface area contributed by atoms with E-state index < -0.39 is 5.97 Å². The Labute approximate surface area is 104 Å². The molecule has 0 aliphatic carbocycles. The van der Waals surface area contributed by atoms with Crippen LogP contribution in [0.3, 0.4) is 0 Å². The Balaban J connectivity index is 2.41. The van der Waals surface area contributed by atoms with Crippen LogP contribution < -0.4 is 4.90 Å². The van der Waals surface area contributed by atoms with Crippen molar-refractivity contribution in [2.75, 3.05) is 18.5 Å². The van der Waals surface area contributed by atoms with E-state index in [1.54, 1.807) is 11.9 Å². The molecule has 4 nitrogen and oxygen atoms in total. The van der Waals surface area contributed by atoms with Gasteiger partial charge in [-0.3, -0.25) is 4.79 Å². The Morgan fingerprint density at radius 3 is 2.71 bits per heavy atom. The van der Waals surface area contributed by atoms with Crippen LogP contribution >= 0.6 is 11.3 Å². The second kappa shape index (κ2) is 4.33. The number of aromatic nitrogens is 1. The largest absolute Gasteiger partial charge is 0.480 e. The highest BCUT2D eigenvalue weighted by Crippen LogP contribution is 2.29. The fourth-order valence-corrected chi connectivity index (χ4v) is 2.61. The average Bonchev–Trinajstić information content (AvgIpc) is 2.60. The lowest BCUT2D eigenvalue weighted by atomic mass is 10.1. The Morgan fingerprint density at radius 1 is 1.41 bits per heavy atom. The van der Waals surface area contributed by atoms with Crippen LogP contribution in [-0.4, -0.2) is 29.7 Å². The molecule has 0 spiro atoms. The number of carbonyl (C=O) groups is 1. The number of nitrogens with zero attached hydrogens (tertiary/aromatic N) is 2. The monoisotopic (exact) mass is 250 g/mol. The van der Waals surface area contributed by atoms with Crippen molar-refractivity contribution in [3.63, 3.8) is 0 Å². The van der Waals surface area contributed by atoms with Crippen molar-refractivity contribution in [3.8, 4) is 0 Å². The normalized spacial score (nSPS) is 10.8. The van der Waals surface area contributed by atoms with Gasteiger partial charge in [-0.05, 0) is 37.1 Å². The van der Waals surface area contributed by atoms with Crippen LogP contribution in [0.15, 0.2) is 12.1 Å². The molecule has 17 heavy (non-hydrogen) atoms. The van der Waals surface area contributed by atoms with Crippen LogP contribution in [0, 0.1) is 13.8 Å². The fourth-order valence-electron chi connectivity index (χ4n) is 1.60. The van der Waals surface area contributed by atoms with E-state index in [2.05, 4.69) is 24.9 Å². The van der Waals surface area contributed by atoms with E-state index in [0.717, 1.165) is 15.3 Å². The summed E-state index contributed by atoms with van der Waals surface area (Å²) in [5.74, 6) is -0.848. The highest BCUT2D eigenvalue weighted by atomic mass is 32.1. The van der Waals surface area contributed by atoms with Crippen molar-refractivity contribution >= 4 is 32.7 Å². The van der Waals surface area contributed by atoms with Gasteiger partial charge in [0, 0.05) is 7.05 Å². The number of fused-ring (bicyclic) bond motifs is 1. The van der Waals surface area contributed by atoms with Crippen molar-refractivity contribution < 1.29 is 9.90 Å². The van der Waals surface area contributed by atoms with E-state index in [-0.39, 0.29) is 6.54 Å². The molecule has 2 rings (SSSR count). The molecule has 0 saturated carbocycles. The smallest absolute Gasteiger partial charge is 0.323 e. The summed E-state index contributed by atoms with van der Waals surface area (Å²) in [4.78, 5) is 16.7. The molecule has 0 fully saturated rings. The van der Waals surface area contributed by atoms with Crippen LogP contribution in [0.1, 0.15) is 11.1 Å². The summed E-state index contributed by atoms with van der Waals surface area (Å²) in [6.45, 7) is 4.08. The van der Waals surface area contributed by atoms with Gasteiger partial charge in [0.2, 0.25) is 0 Å². The fraction of sp³-hybridized carbons (Fsp3) is 0.333. The second-order valence-corrected chi connectivity index (χ2v) is 5.16. The van der Waals surface area contributed by atoms with Crippen LogP contribution in [0.25, 0.3) is 10.2 Å². The molecular weight excluding hydrogens is 236 g/mol. The Morgan fingerprint density at radius 2 is 2.06 bits per heavy atom. The lowest BCUT2D eigenvalue weighted by Crippen LogP contribution is -2.24. The van der Waals surface area contributed by atoms with Crippen molar-refractivity contribution in [2.24, 2.45) is 0 Å². The lowest BCUT2D eigenvalue weighted by Gasteiger charge is -2.11. The molecule has 0 radical (unpaired) electrons. The SMILES string of the molecule is Cc1cc2nc(N(C)CC(=O)O)sc2cc1C. The van der Waals surface area contributed by atoms with Crippen molar-refractivity contribution in [1.29, 1.82) is 0 Å². The summed E-state index contributed by atoms with van der Waals surface area (Å²) >= 11 is 1.52. The van der Waals surface area contributed by atoms with Gasteiger partial charge in [0.25, 0.3) is 0 Å². The topological polar surface area (TPSA) is 53.4 Å². The number of hydrogen-bond acceptors (Lipinski definition) is 4. The van der Waals surface area contributed by atoms with Crippen LogP contribution in [0.4, 0.5) is 5.13 Å². The summed E-state index contributed by atoms with van der Waals surface area (Å²) in [6, 6.07) is 4.14. The van der Waals surface area contributed by atoms with Crippen LogP contribution in [0.5, 0.6) is 0 Å². The van der Waals surface area contributed by atoms with Gasteiger partial charge in [0.15, 0.2) is 5.13 Å². The molecule has 0 amide bonds. The third-order valence-corrected chi connectivity index (χ3v) is 3.82. The number of thiazole rings is 1.